The van der Waals surface area contributed by atoms with E-state index >= 15 is 0 Å². The number of halogens is 1. The number of hydrogen-bond acceptors (Lipinski definition) is 6. The molecule has 0 aliphatic carbocycles. The van der Waals surface area contributed by atoms with E-state index in [0.717, 1.165) is 17.0 Å². The Morgan fingerprint density at radius 3 is 2.92 bits per heavy atom. The third-order valence-corrected chi connectivity index (χ3v) is 4.64. The maximum atomic E-state index is 13.9. The van der Waals surface area contributed by atoms with E-state index in [-0.39, 0.29) is 17.6 Å². The number of carbonyl (C=O) groups excluding carboxylic acids is 1. The Bertz CT molecular complexity index is 808. The highest BCUT2D eigenvalue weighted by Gasteiger charge is 2.33. The highest BCUT2D eigenvalue weighted by Crippen LogP contribution is 2.24. The van der Waals surface area contributed by atoms with Gasteiger partial charge in [-0.1, -0.05) is 5.16 Å². The van der Waals surface area contributed by atoms with Crippen LogP contribution in [0.5, 0.6) is 0 Å². The van der Waals surface area contributed by atoms with Crippen molar-refractivity contribution in [2.75, 3.05) is 13.1 Å². The first-order chi connectivity index (χ1) is 12.5. The SMILES string of the molecule is Cc1noc(C)c1CN1C[C@@H](F)C[C@H]1CNC(=O)c1ccc(C#N)cn1. The van der Waals surface area contributed by atoms with Gasteiger partial charge in [0.25, 0.3) is 5.91 Å². The van der Waals surface area contributed by atoms with E-state index in [9.17, 15) is 9.18 Å². The number of nitriles is 1. The predicted molar refractivity (Wildman–Crippen MR) is 91.0 cm³/mol. The summed E-state index contributed by atoms with van der Waals surface area (Å²) in [5.74, 6) is 0.392. The molecule has 26 heavy (non-hydrogen) atoms. The van der Waals surface area contributed by atoms with Crippen LogP contribution in [0.2, 0.25) is 0 Å². The number of amides is 1. The maximum absolute atomic E-state index is 13.9. The average Bonchev–Trinajstić information content (AvgIpc) is 3.16. The fourth-order valence-corrected chi connectivity index (χ4v) is 3.15. The Labute approximate surface area is 150 Å². The lowest BCUT2D eigenvalue weighted by molar-refractivity contribution is 0.0934. The van der Waals surface area contributed by atoms with Gasteiger partial charge in [-0.2, -0.15) is 5.26 Å². The molecule has 3 rings (SSSR count). The van der Waals surface area contributed by atoms with Gasteiger partial charge in [0.05, 0.1) is 11.3 Å². The molecule has 0 aromatic carbocycles. The Morgan fingerprint density at radius 1 is 1.50 bits per heavy atom. The number of nitrogens with zero attached hydrogens (tertiary/aromatic N) is 4. The standard InChI is InChI=1S/C18H20FN5O2/c1-11-16(12(2)26-23-11)10-24-9-14(19)5-15(24)8-22-18(25)17-4-3-13(6-20)7-21-17/h3-4,7,14-15H,5,8-10H2,1-2H3,(H,22,25)/t14-,15-/m0/s1. The van der Waals surface area contributed by atoms with Crippen molar-refractivity contribution >= 4 is 5.91 Å². The van der Waals surface area contributed by atoms with Crippen LogP contribution in [0.15, 0.2) is 22.9 Å². The van der Waals surface area contributed by atoms with Crippen LogP contribution in [0.3, 0.4) is 0 Å². The second-order valence-electron chi connectivity index (χ2n) is 6.47. The minimum Gasteiger partial charge on any atom is -0.361 e. The van der Waals surface area contributed by atoms with Crippen molar-refractivity contribution in [3.05, 3.63) is 46.6 Å². The number of carbonyl (C=O) groups is 1. The van der Waals surface area contributed by atoms with E-state index in [0.29, 0.717) is 31.6 Å². The summed E-state index contributed by atoms with van der Waals surface area (Å²) in [4.78, 5) is 18.2. The molecule has 0 unspecified atom stereocenters. The zero-order chi connectivity index (χ0) is 18.7. The van der Waals surface area contributed by atoms with Crippen LogP contribution in [-0.2, 0) is 6.54 Å². The zero-order valence-electron chi connectivity index (χ0n) is 14.7. The monoisotopic (exact) mass is 357 g/mol. The van der Waals surface area contributed by atoms with Crippen molar-refractivity contribution in [1.82, 2.24) is 20.4 Å². The summed E-state index contributed by atoms with van der Waals surface area (Å²) in [6.45, 7) is 4.88. The molecule has 0 bridgehead atoms. The van der Waals surface area contributed by atoms with Gasteiger partial charge in [-0.05, 0) is 32.4 Å². The number of pyridine rings is 1. The van der Waals surface area contributed by atoms with Gasteiger partial charge in [0.2, 0.25) is 0 Å². The molecule has 1 fully saturated rings. The van der Waals surface area contributed by atoms with Crippen LogP contribution in [0, 0.1) is 25.2 Å². The van der Waals surface area contributed by atoms with Crippen molar-refractivity contribution in [3.8, 4) is 6.07 Å². The molecule has 7 nitrogen and oxygen atoms in total. The van der Waals surface area contributed by atoms with Crippen LogP contribution < -0.4 is 5.32 Å². The Hall–Kier alpha value is -2.79. The number of rotatable bonds is 5. The zero-order valence-corrected chi connectivity index (χ0v) is 14.7. The van der Waals surface area contributed by atoms with Gasteiger partial charge in [-0.15, -0.1) is 0 Å². The van der Waals surface area contributed by atoms with E-state index < -0.39 is 6.17 Å². The topological polar surface area (TPSA) is 95.0 Å². The average molecular weight is 357 g/mol. The molecule has 2 atom stereocenters. The largest absolute Gasteiger partial charge is 0.361 e. The second-order valence-corrected chi connectivity index (χ2v) is 6.47. The summed E-state index contributed by atoms with van der Waals surface area (Å²) in [6, 6.07) is 4.89. The fourth-order valence-electron chi connectivity index (χ4n) is 3.15. The molecule has 1 amide bonds. The molecule has 1 aliphatic heterocycles. The molecule has 2 aromatic rings. The molecule has 2 aromatic heterocycles. The molecule has 3 heterocycles. The molecular weight excluding hydrogens is 337 g/mol. The van der Waals surface area contributed by atoms with Crippen molar-refractivity contribution in [3.63, 3.8) is 0 Å². The molecule has 1 N–H and O–H groups in total. The Kier molecular flexibility index (Phi) is 5.28. The number of aromatic nitrogens is 2. The molecule has 1 saturated heterocycles. The van der Waals surface area contributed by atoms with Gasteiger partial charge in [-0.3, -0.25) is 9.69 Å². The summed E-state index contributed by atoms with van der Waals surface area (Å²) in [5.41, 5.74) is 2.39. The van der Waals surface area contributed by atoms with Gasteiger partial charge in [0.15, 0.2) is 0 Å². The number of hydrogen-bond donors (Lipinski definition) is 1. The van der Waals surface area contributed by atoms with Gasteiger partial charge < -0.3 is 9.84 Å². The van der Waals surface area contributed by atoms with Crippen LogP contribution in [0.25, 0.3) is 0 Å². The quantitative estimate of drug-likeness (QED) is 0.878. The van der Waals surface area contributed by atoms with Gasteiger partial charge in [-0.25, -0.2) is 9.37 Å². The maximum Gasteiger partial charge on any atom is 0.269 e. The third-order valence-electron chi connectivity index (χ3n) is 4.64. The van der Waals surface area contributed by atoms with E-state index in [4.69, 9.17) is 9.78 Å². The van der Waals surface area contributed by atoms with Crippen molar-refractivity contribution in [2.24, 2.45) is 0 Å². The van der Waals surface area contributed by atoms with Crippen molar-refractivity contribution in [1.29, 1.82) is 5.26 Å². The van der Waals surface area contributed by atoms with Crippen molar-refractivity contribution in [2.45, 2.75) is 39.0 Å². The van der Waals surface area contributed by atoms with Crippen LogP contribution in [-0.4, -0.2) is 46.3 Å². The molecular formula is C18H20FN5O2. The Balaban J connectivity index is 1.62. The van der Waals surface area contributed by atoms with E-state index in [1.807, 2.05) is 24.8 Å². The molecule has 0 spiro atoms. The minimum atomic E-state index is -0.926. The summed E-state index contributed by atoms with van der Waals surface area (Å²) >= 11 is 0. The summed E-state index contributed by atoms with van der Waals surface area (Å²) < 4.78 is 19.1. The molecule has 136 valence electrons. The first-order valence-electron chi connectivity index (χ1n) is 8.42. The predicted octanol–water partition coefficient (Wildman–Crippen LogP) is 1.90. The third kappa shape index (κ3) is 3.89. The first kappa shape index (κ1) is 18.0. The highest BCUT2D eigenvalue weighted by molar-refractivity contribution is 5.92. The van der Waals surface area contributed by atoms with Crippen molar-refractivity contribution < 1.29 is 13.7 Å². The van der Waals surface area contributed by atoms with E-state index in [1.165, 1.54) is 12.3 Å². The van der Waals surface area contributed by atoms with E-state index in [2.05, 4.69) is 15.5 Å². The van der Waals surface area contributed by atoms with Crippen LogP contribution in [0.1, 0.15) is 39.5 Å². The van der Waals surface area contributed by atoms with Crippen LogP contribution in [0.4, 0.5) is 4.39 Å². The number of likely N-dealkylation sites (tertiary alicyclic amines) is 1. The number of nitrogens with one attached hydrogen (secondary N) is 1. The first-order valence-corrected chi connectivity index (χ1v) is 8.42. The molecule has 8 heteroatoms. The molecule has 0 saturated carbocycles. The lowest BCUT2D eigenvalue weighted by atomic mass is 10.1. The fraction of sp³-hybridized carbons (Fsp3) is 0.444. The Morgan fingerprint density at radius 2 is 2.31 bits per heavy atom. The molecule has 0 radical (unpaired) electrons. The molecule has 1 aliphatic rings. The van der Waals surface area contributed by atoms with Gasteiger partial charge in [0, 0.05) is 37.4 Å². The van der Waals surface area contributed by atoms with Gasteiger partial charge >= 0.3 is 0 Å². The highest BCUT2D eigenvalue weighted by atomic mass is 19.1. The summed E-state index contributed by atoms with van der Waals surface area (Å²) in [5, 5.41) is 15.5. The smallest absolute Gasteiger partial charge is 0.269 e. The minimum absolute atomic E-state index is 0.110. The van der Waals surface area contributed by atoms with Gasteiger partial charge in [0.1, 0.15) is 23.7 Å². The lowest BCUT2D eigenvalue weighted by Gasteiger charge is -2.24. The number of aryl methyl sites for hydroxylation is 2. The van der Waals surface area contributed by atoms with Crippen LogP contribution >= 0.6 is 0 Å². The lowest BCUT2D eigenvalue weighted by Crippen LogP contribution is -2.40. The number of alkyl halides is 1. The summed E-state index contributed by atoms with van der Waals surface area (Å²) in [7, 11) is 0. The second kappa shape index (κ2) is 7.62. The normalized spacial score (nSPS) is 20.1. The van der Waals surface area contributed by atoms with E-state index in [1.54, 1.807) is 6.07 Å². The summed E-state index contributed by atoms with van der Waals surface area (Å²) in [6.07, 6.45) is 0.793.